The number of nitrogens with zero attached hydrogens (tertiary/aromatic N) is 3. The first-order chi connectivity index (χ1) is 12.1. The Labute approximate surface area is 153 Å². The minimum absolute atomic E-state index is 0.0873. The van der Waals surface area contributed by atoms with Gasteiger partial charge in [-0.2, -0.15) is 0 Å². The molecule has 138 valence electrons. The number of aromatic nitrogens is 2. The van der Waals surface area contributed by atoms with E-state index in [1.807, 2.05) is 13.8 Å². The van der Waals surface area contributed by atoms with E-state index < -0.39 is 9.84 Å². The highest BCUT2D eigenvalue weighted by Gasteiger charge is 2.28. The highest BCUT2D eigenvalue weighted by atomic mass is 32.2. The van der Waals surface area contributed by atoms with Crippen LogP contribution in [0.3, 0.4) is 0 Å². The van der Waals surface area contributed by atoms with Crippen molar-refractivity contribution >= 4 is 15.7 Å². The molecular weight excluding hydrogens is 354 g/mol. The van der Waals surface area contributed by atoms with Crippen LogP contribution in [0, 0.1) is 6.92 Å². The van der Waals surface area contributed by atoms with Gasteiger partial charge < -0.3 is 9.64 Å². The number of rotatable bonds is 4. The van der Waals surface area contributed by atoms with Crippen LogP contribution in [0.5, 0.6) is 5.75 Å². The van der Waals surface area contributed by atoms with Crippen LogP contribution in [0.2, 0.25) is 0 Å². The third kappa shape index (κ3) is 3.70. The molecule has 0 bridgehead atoms. The Kier molecular flexibility index (Phi) is 4.70. The van der Waals surface area contributed by atoms with Crippen molar-refractivity contribution in [2.75, 3.05) is 6.26 Å². The van der Waals surface area contributed by atoms with Gasteiger partial charge in [-0.05, 0) is 39.0 Å². The highest BCUT2D eigenvalue weighted by Crippen LogP contribution is 2.29. The molecule has 26 heavy (non-hydrogen) atoms. The number of benzene rings is 1. The molecule has 8 heteroatoms. The normalized spacial score (nSPS) is 13.8. The second-order valence-corrected chi connectivity index (χ2v) is 8.66. The number of carbonyl (C=O) groups is 1. The lowest BCUT2D eigenvalue weighted by molar-refractivity contribution is 0.0744. The van der Waals surface area contributed by atoms with Gasteiger partial charge in [-0.15, -0.1) is 0 Å². The molecule has 0 saturated heterocycles. The van der Waals surface area contributed by atoms with Crippen molar-refractivity contribution in [1.82, 2.24) is 14.9 Å². The first kappa shape index (κ1) is 18.3. The Morgan fingerprint density at radius 1 is 1.27 bits per heavy atom. The van der Waals surface area contributed by atoms with Gasteiger partial charge in [0, 0.05) is 24.6 Å². The summed E-state index contributed by atoms with van der Waals surface area (Å²) in [5.41, 5.74) is 1.95. The third-order valence-corrected chi connectivity index (χ3v) is 5.15. The van der Waals surface area contributed by atoms with Gasteiger partial charge in [0.2, 0.25) is 0 Å². The van der Waals surface area contributed by atoms with Gasteiger partial charge in [0.15, 0.2) is 9.84 Å². The number of hydrogen-bond donors (Lipinski definition) is 0. The predicted molar refractivity (Wildman–Crippen MR) is 95.7 cm³/mol. The van der Waals surface area contributed by atoms with Crippen molar-refractivity contribution in [2.45, 2.75) is 44.9 Å². The van der Waals surface area contributed by atoms with Gasteiger partial charge >= 0.3 is 0 Å². The summed E-state index contributed by atoms with van der Waals surface area (Å²) < 4.78 is 29.5. The predicted octanol–water partition coefficient (Wildman–Crippen LogP) is 2.13. The molecule has 0 N–H and O–H groups in total. The van der Waals surface area contributed by atoms with Crippen molar-refractivity contribution in [3.05, 3.63) is 47.0 Å². The zero-order valence-electron chi connectivity index (χ0n) is 15.2. The highest BCUT2D eigenvalue weighted by molar-refractivity contribution is 7.90. The van der Waals surface area contributed by atoms with E-state index in [-0.39, 0.29) is 22.5 Å². The lowest BCUT2D eigenvalue weighted by atomic mass is 10.1. The standard InChI is InChI=1S/C18H21N3O4S/c1-11(2)25-17-6-5-14(26(4,23)24)7-15(17)18(22)21-9-13-8-19-12(3)20-16(13)10-21/h5-8,11H,9-10H2,1-4H3. The van der Waals surface area contributed by atoms with Gasteiger partial charge in [-0.1, -0.05) is 0 Å². The molecule has 3 rings (SSSR count). The fraction of sp³-hybridized carbons (Fsp3) is 0.389. The van der Waals surface area contributed by atoms with Gasteiger partial charge in [0.1, 0.15) is 11.6 Å². The van der Waals surface area contributed by atoms with E-state index in [9.17, 15) is 13.2 Å². The summed E-state index contributed by atoms with van der Waals surface area (Å²) in [4.78, 5) is 23.3. The van der Waals surface area contributed by atoms with Crippen molar-refractivity contribution in [3.8, 4) is 5.75 Å². The van der Waals surface area contributed by atoms with Crippen LogP contribution in [0.1, 0.15) is 41.3 Å². The van der Waals surface area contributed by atoms with E-state index in [0.29, 0.717) is 24.7 Å². The van der Waals surface area contributed by atoms with Gasteiger partial charge in [0.05, 0.1) is 28.8 Å². The Balaban J connectivity index is 1.97. The lowest BCUT2D eigenvalue weighted by Crippen LogP contribution is -2.26. The van der Waals surface area contributed by atoms with Crippen LogP contribution in [-0.2, 0) is 22.9 Å². The van der Waals surface area contributed by atoms with E-state index in [2.05, 4.69) is 9.97 Å². The summed E-state index contributed by atoms with van der Waals surface area (Å²) in [7, 11) is -3.44. The van der Waals surface area contributed by atoms with Crippen molar-refractivity contribution in [2.24, 2.45) is 0 Å². The van der Waals surface area contributed by atoms with Crippen molar-refractivity contribution in [3.63, 3.8) is 0 Å². The molecule has 7 nitrogen and oxygen atoms in total. The van der Waals surface area contributed by atoms with Crippen molar-refractivity contribution < 1.29 is 17.9 Å². The number of aryl methyl sites for hydroxylation is 1. The average Bonchev–Trinajstić information content (AvgIpc) is 2.96. The van der Waals surface area contributed by atoms with Gasteiger partial charge in [-0.3, -0.25) is 4.79 Å². The summed E-state index contributed by atoms with van der Waals surface area (Å²) in [6.07, 6.45) is 2.70. The van der Waals surface area contributed by atoms with E-state index in [1.54, 1.807) is 18.0 Å². The molecule has 0 fully saturated rings. The fourth-order valence-electron chi connectivity index (χ4n) is 2.83. The third-order valence-electron chi connectivity index (χ3n) is 4.04. The zero-order valence-corrected chi connectivity index (χ0v) is 16.0. The minimum atomic E-state index is -3.44. The lowest BCUT2D eigenvalue weighted by Gasteiger charge is -2.19. The van der Waals surface area contributed by atoms with Crippen LogP contribution < -0.4 is 4.74 Å². The molecule has 2 aromatic rings. The topological polar surface area (TPSA) is 89.5 Å². The summed E-state index contributed by atoms with van der Waals surface area (Å²) >= 11 is 0. The maximum absolute atomic E-state index is 13.1. The quantitative estimate of drug-likeness (QED) is 0.813. The smallest absolute Gasteiger partial charge is 0.258 e. The van der Waals surface area contributed by atoms with Gasteiger partial charge in [0.25, 0.3) is 5.91 Å². The molecule has 1 amide bonds. The number of ether oxygens (including phenoxy) is 1. The number of carbonyl (C=O) groups excluding carboxylic acids is 1. The molecule has 0 unspecified atom stereocenters. The molecule has 0 atom stereocenters. The number of hydrogen-bond acceptors (Lipinski definition) is 6. The molecule has 1 aromatic heterocycles. The molecular formula is C18H21N3O4S. The molecule has 0 spiro atoms. The molecule has 1 aromatic carbocycles. The first-order valence-corrected chi connectivity index (χ1v) is 10.2. The molecule has 2 heterocycles. The molecule has 0 saturated carbocycles. The van der Waals surface area contributed by atoms with Gasteiger partial charge in [-0.25, -0.2) is 18.4 Å². The van der Waals surface area contributed by atoms with E-state index in [4.69, 9.17) is 4.74 Å². The van der Waals surface area contributed by atoms with Crippen LogP contribution in [0.25, 0.3) is 0 Å². The summed E-state index contributed by atoms with van der Waals surface area (Å²) in [5, 5.41) is 0. The number of sulfone groups is 1. The van der Waals surface area contributed by atoms with Crippen molar-refractivity contribution in [1.29, 1.82) is 0 Å². The Morgan fingerprint density at radius 3 is 2.65 bits per heavy atom. The zero-order chi connectivity index (χ0) is 19.1. The van der Waals surface area contributed by atoms with Crippen LogP contribution in [-0.4, -0.2) is 41.6 Å². The first-order valence-electron chi connectivity index (χ1n) is 8.26. The van der Waals surface area contributed by atoms with E-state index in [0.717, 1.165) is 17.5 Å². The van der Waals surface area contributed by atoms with E-state index >= 15 is 0 Å². The SMILES string of the molecule is Cc1ncc2c(n1)CN(C(=O)c1cc(S(C)(=O)=O)ccc1OC(C)C)C2. The van der Waals surface area contributed by atoms with Crippen LogP contribution >= 0.6 is 0 Å². The average molecular weight is 375 g/mol. The molecule has 0 aliphatic carbocycles. The second-order valence-electron chi connectivity index (χ2n) is 6.65. The number of amides is 1. The Morgan fingerprint density at radius 2 is 2.00 bits per heavy atom. The maximum Gasteiger partial charge on any atom is 0.258 e. The minimum Gasteiger partial charge on any atom is -0.490 e. The fourth-order valence-corrected chi connectivity index (χ4v) is 3.48. The molecule has 1 aliphatic heterocycles. The molecule has 1 aliphatic rings. The summed E-state index contributed by atoms with van der Waals surface area (Å²) in [6.45, 7) is 6.25. The van der Waals surface area contributed by atoms with Crippen LogP contribution in [0.4, 0.5) is 0 Å². The molecule has 0 radical (unpaired) electrons. The van der Waals surface area contributed by atoms with E-state index in [1.165, 1.54) is 18.2 Å². The monoisotopic (exact) mass is 375 g/mol. The summed E-state index contributed by atoms with van der Waals surface area (Å²) in [6, 6.07) is 4.38. The Hall–Kier alpha value is -2.48. The maximum atomic E-state index is 13.1. The van der Waals surface area contributed by atoms with Crippen LogP contribution in [0.15, 0.2) is 29.3 Å². The Bertz CT molecular complexity index is 970. The number of fused-ring (bicyclic) bond motifs is 1. The largest absolute Gasteiger partial charge is 0.490 e. The second kappa shape index (κ2) is 6.68. The summed E-state index contributed by atoms with van der Waals surface area (Å²) in [5.74, 6) is 0.735.